The maximum absolute atomic E-state index is 5.10. The van der Waals surface area contributed by atoms with Gasteiger partial charge in [-0.05, 0) is 12.8 Å². The molecule has 0 atom stereocenters. The number of nitrogens with one attached hydrogen (secondary N) is 1. The van der Waals surface area contributed by atoms with Crippen molar-refractivity contribution in [2.45, 2.75) is 43.0 Å². The van der Waals surface area contributed by atoms with E-state index in [-0.39, 0.29) is 0 Å². The highest BCUT2D eigenvalue weighted by Crippen LogP contribution is 2.38. The van der Waals surface area contributed by atoms with E-state index in [1.54, 1.807) is 0 Å². The van der Waals surface area contributed by atoms with Crippen LogP contribution in [0.5, 0.6) is 0 Å². The van der Waals surface area contributed by atoms with Crippen molar-refractivity contribution < 1.29 is 4.52 Å². The molecule has 2 aromatic rings. The number of hydrogen-bond donors (Lipinski definition) is 1. The Kier molecular flexibility index (Phi) is 2.84. The van der Waals surface area contributed by atoms with Crippen molar-refractivity contribution in [3.63, 3.8) is 0 Å². The van der Waals surface area contributed by atoms with Crippen molar-refractivity contribution >= 4 is 11.8 Å². The molecule has 0 amide bonds. The normalized spacial score (nSPS) is 15.4. The van der Waals surface area contributed by atoms with Crippen molar-refractivity contribution in [1.82, 2.24) is 25.3 Å². The molecule has 0 radical (unpaired) electrons. The quantitative estimate of drug-likeness (QED) is 0.818. The number of aryl methyl sites for hydroxylation is 1. The summed E-state index contributed by atoms with van der Waals surface area (Å²) in [4.78, 5) is 8.65. The Bertz CT molecular complexity index is 504. The highest BCUT2D eigenvalue weighted by Gasteiger charge is 2.27. The van der Waals surface area contributed by atoms with Gasteiger partial charge in [0.25, 0.3) is 0 Å². The lowest BCUT2D eigenvalue weighted by Crippen LogP contribution is -1.85. The molecule has 1 saturated carbocycles. The van der Waals surface area contributed by atoms with Crippen LogP contribution in [0.2, 0.25) is 0 Å². The van der Waals surface area contributed by atoms with Gasteiger partial charge in [0.15, 0.2) is 5.82 Å². The fourth-order valence-electron chi connectivity index (χ4n) is 1.48. The van der Waals surface area contributed by atoms with E-state index < -0.39 is 0 Å². The minimum absolute atomic E-state index is 0.604. The molecular weight excluding hydrogens is 238 g/mol. The van der Waals surface area contributed by atoms with E-state index in [0.29, 0.717) is 17.6 Å². The number of thioether (sulfide) groups is 1. The topological polar surface area (TPSA) is 80.5 Å². The van der Waals surface area contributed by atoms with Gasteiger partial charge in [-0.1, -0.05) is 23.8 Å². The first-order chi connectivity index (χ1) is 8.35. The summed E-state index contributed by atoms with van der Waals surface area (Å²) in [6.07, 6.45) is 3.24. The predicted molar refractivity (Wildman–Crippen MR) is 61.6 cm³/mol. The fourth-order valence-corrected chi connectivity index (χ4v) is 2.12. The monoisotopic (exact) mass is 251 g/mol. The Balaban J connectivity index is 1.58. The van der Waals surface area contributed by atoms with Crippen LogP contribution in [0.25, 0.3) is 0 Å². The third kappa shape index (κ3) is 2.49. The molecule has 17 heavy (non-hydrogen) atoms. The van der Waals surface area contributed by atoms with Crippen molar-refractivity contribution in [3.05, 3.63) is 17.5 Å². The van der Waals surface area contributed by atoms with Crippen LogP contribution in [-0.2, 0) is 12.2 Å². The third-order valence-electron chi connectivity index (χ3n) is 2.60. The number of rotatable bonds is 5. The van der Waals surface area contributed by atoms with E-state index in [1.165, 1.54) is 24.6 Å². The summed E-state index contributed by atoms with van der Waals surface area (Å²) in [7, 11) is 0. The van der Waals surface area contributed by atoms with E-state index >= 15 is 0 Å². The first kappa shape index (κ1) is 10.8. The second kappa shape index (κ2) is 4.48. The molecule has 1 aliphatic carbocycles. The molecule has 0 saturated heterocycles. The summed E-state index contributed by atoms with van der Waals surface area (Å²) >= 11 is 1.51. The van der Waals surface area contributed by atoms with E-state index in [9.17, 15) is 0 Å². The van der Waals surface area contributed by atoms with E-state index in [2.05, 4.69) is 25.3 Å². The zero-order valence-electron chi connectivity index (χ0n) is 9.51. The van der Waals surface area contributed by atoms with Gasteiger partial charge in [-0.15, -0.1) is 5.10 Å². The Hall–Kier alpha value is -1.37. The Labute approximate surface area is 103 Å². The van der Waals surface area contributed by atoms with Crippen molar-refractivity contribution in [1.29, 1.82) is 0 Å². The average Bonchev–Trinajstić information content (AvgIpc) is 2.93. The highest BCUT2D eigenvalue weighted by molar-refractivity contribution is 7.98. The number of H-pyrrole nitrogens is 1. The number of nitrogens with zero attached hydrogens (tertiary/aromatic N) is 4. The lowest BCUT2D eigenvalue weighted by atomic mass is 10.4. The van der Waals surface area contributed by atoms with Crippen molar-refractivity contribution in [3.8, 4) is 0 Å². The molecule has 1 fully saturated rings. The Morgan fingerprint density at radius 2 is 2.29 bits per heavy atom. The van der Waals surface area contributed by atoms with Crippen LogP contribution in [0.3, 0.4) is 0 Å². The summed E-state index contributed by atoms with van der Waals surface area (Å²) < 4.78 is 5.10. The fraction of sp³-hybridized carbons (Fsp3) is 0.600. The van der Waals surface area contributed by atoms with Crippen LogP contribution in [0.15, 0.2) is 9.68 Å². The second-order valence-corrected chi connectivity index (χ2v) is 4.97. The van der Waals surface area contributed by atoms with Gasteiger partial charge in [-0.3, -0.25) is 5.10 Å². The Morgan fingerprint density at radius 1 is 1.41 bits per heavy atom. The summed E-state index contributed by atoms with van der Waals surface area (Å²) in [6.45, 7) is 2.00. The van der Waals surface area contributed by atoms with Gasteiger partial charge in [0, 0.05) is 12.3 Å². The van der Waals surface area contributed by atoms with Crippen LogP contribution < -0.4 is 0 Å². The molecule has 7 heteroatoms. The zero-order valence-corrected chi connectivity index (χ0v) is 10.3. The molecule has 0 aliphatic heterocycles. The SMILES string of the molecule is CCc1noc(CSc2n[nH]c(C3CC3)n2)n1. The summed E-state index contributed by atoms with van der Waals surface area (Å²) in [5.41, 5.74) is 0. The van der Waals surface area contributed by atoms with Crippen molar-refractivity contribution in [2.75, 3.05) is 0 Å². The van der Waals surface area contributed by atoms with Gasteiger partial charge < -0.3 is 4.52 Å². The van der Waals surface area contributed by atoms with E-state index in [0.717, 1.165) is 23.2 Å². The molecule has 0 spiro atoms. The molecule has 2 heterocycles. The molecule has 3 rings (SSSR count). The lowest BCUT2D eigenvalue weighted by molar-refractivity contribution is 0.385. The van der Waals surface area contributed by atoms with Crippen LogP contribution in [-0.4, -0.2) is 25.3 Å². The lowest BCUT2D eigenvalue weighted by Gasteiger charge is -1.89. The number of aromatic nitrogens is 5. The predicted octanol–water partition coefficient (Wildman–Crippen LogP) is 1.92. The van der Waals surface area contributed by atoms with Gasteiger partial charge in [-0.25, -0.2) is 4.98 Å². The smallest absolute Gasteiger partial charge is 0.237 e. The van der Waals surface area contributed by atoms with Crippen LogP contribution in [0.1, 0.15) is 43.2 Å². The molecular formula is C10H13N5OS. The maximum atomic E-state index is 5.10. The summed E-state index contributed by atoms with van der Waals surface area (Å²) in [5, 5.41) is 11.7. The van der Waals surface area contributed by atoms with Gasteiger partial charge in [0.1, 0.15) is 5.82 Å². The molecule has 0 aromatic carbocycles. The van der Waals surface area contributed by atoms with Gasteiger partial charge in [0.05, 0.1) is 5.75 Å². The van der Waals surface area contributed by atoms with E-state index in [4.69, 9.17) is 4.52 Å². The van der Waals surface area contributed by atoms with E-state index in [1.807, 2.05) is 6.92 Å². The Morgan fingerprint density at radius 3 is 3.00 bits per heavy atom. The summed E-state index contributed by atoms with van der Waals surface area (Å²) in [5.74, 6) is 3.60. The number of hydrogen-bond acceptors (Lipinski definition) is 6. The minimum Gasteiger partial charge on any atom is -0.338 e. The molecule has 2 aromatic heterocycles. The standard InChI is InChI=1S/C10H13N5OS/c1-2-7-11-8(16-15-7)5-17-10-12-9(13-14-10)6-3-4-6/h6H,2-5H2,1H3,(H,12,13,14). The third-order valence-corrected chi connectivity index (χ3v) is 3.43. The van der Waals surface area contributed by atoms with Crippen LogP contribution >= 0.6 is 11.8 Å². The van der Waals surface area contributed by atoms with Crippen molar-refractivity contribution in [2.24, 2.45) is 0 Å². The van der Waals surface area contributed by atoms with Gasteiger partial charge in [-0.2, -0.15) is 4.98 Å². The molecule has 6 nitrogen and oxygen atoms in total. The largest absolute Gasteiger partial charge is 0.338 e. The molecule has 1 aliphatic rings. The number of aromatic amines is 1. The molecule has 0 unspecified atom stereocenters. The first-order valence-corrected chi connectivity index (χ1v) is 6.70. The van der Waals surface area contributed by atoms with Gasteiger partial charge >= 0.3 is 0 Å². The maximum Gasteiger partial charge on any atom is 0.237 e. The first-order valence-electron chi connectivity index (χ1n) is 5.71. The van der Waals surface area contributed by atoms with Crippen LogP contribution in [0, 0.1) is 0 Å². The molecule has 1 N–H and O–H groups in total. The average molecular weight is 251 g/mol. The van der Waals surface area contributed by atoms with Crippen LogP contribution in [0.4, 0.5) is 0 Å². The van der Waals surface area contributed by atoms with Gasteiger partial charge in [0.2, 0.25) is 11.0 Å². The zero-order chi connectivity index (χ0) is 11.7. The molecule has 0 bridgehead atoms. The second-order valence-electron chi connectivity index (χ2n) is 4.02. The summed E-state index contributed by atoms with van der Waals surface area (Å²) in [6, 6.07) is 0. The molecule has 90 valence electrons. The minimum atomic E-state index is 0.604. The highest BCUT2D eigenvalue weighted by atomic mass is 32.2.